The van der Waals surface area contributed by atoms with Crippen molar-refractivity contribution in [1.29, 1.82) is 0 Å². The molecule has 1 atom stereocenters. The van der Waals surface area contributed by atoms with E-state index >= 15 is 0 Å². The van der Waals surface area contributed by atoms with Gasteiger partial charge in [0.05, 0.1) is 6.61 Å². The molecule has 0 aliphatic carbocycles. The third-order valence-corrected chi connectivity index (χ3v) is 1.48. The van der Waals surface area contributed by atoms with Crippen LogP contribution in [-0.2, 0) is 0 Å². The number of aliphatic hydroxyl groups is 2. The Morgan fingerprint density at radius 2 is 1.67 bits per heavy atom. The molecule has 4 N–H and O–H groups in total. The summed E-state index contributed by atoms with van der Waals surface area (Å²) in [7, 11) is 0. The second-order valence-electron chi connectivity index (χ2n) is 3.47. The average Bonchev–Trinajstić information content (AvgIpc) is 2.07. The van der Waals surface area contributed by atoms with Crippen molar-refractivity contribution in [3.8, 4) is 0 Å². The van der Waals surface area contributed by atoms with Gasteiger partial charge in [0.15, 0.2) is 0 Å². The highest BCUT2D eigenvalue weighted by atomic mass is 16.3. The normalized spacial score (nSPS) is 13.2. The van der Waals surface area contributed by atoms with Crippen molar-refractivity contribution in [3.63, 3.8) is 0 Å². The van der Waals surface area contributed by atoms with Crippen LogP contribution in [0.3, 0.4) is 0 Å². The van der Waals surface area contributed by atoms with Crippen LogP contribution in [-0.4, -0.2) is 29.5 Å². The number of hydrogen-bond donors (Lipinski definition) is 3. The van der Waals surface area contributed by atoms with E-state index in [4.69, 9.17) is 15.9 Å². The topological polar surface area (TPSA) is 66.5 Å². The average molecular weight is 177 g/mol. The molecule has 76 valence electrons. The van der Waals surface area contributed by atoms with Crippen molar-refractivity contribution in [3.05, 3.63) is 0 Å². The molecule has 0 fully saturated rings. The molecule has 0 radical (unpaired) electrons. The molecule has 1 unspecified atom stereocenters. The first-order chi connectivity index (χ1) is 5.52. The van der Waals surface area contributed by atoms with Crippen LogP contribution in [0.2, 0.25) is 0 Å². The van der Waals surface area contributed by atoms with Crippen molar-refractivity contribution in [1.82, 2.24) is 0 Å². The third-order valence-electron chi connectivity index (χ3n) is 1.48. The van der Waals surface area contributed by atoms with E-state index < -0.39 is 0 Å². The first kappa shape index (κ1) is 14.4. The van der Waals surface area contributed by atoms with E-state index in [1.54, 1.807) is 0 Å². The molecule has 0 aromatic carbocycles. The predicted octanol–water partition coefficient (Wildman–Crippen LogP) is 0.741. The SMILES string of the molecule is CC.CC(C)(CO)CC(N)CO. The van der Waals surface area contributed by atoms with Gasteiger partial charge in [-0.1, -0.05) is 27.7 Å². The second-order valence-corrected chi connectivity index (χ2v) is 3.47. The van der Waals surface area contributed by atoms with Crippen LogP contribution in [0.5, 0.6) is 0 Å². The highest BCUT2D eigenvalue weighted by molar-refractivity contribution is 4.73. The molecule has 3 nitrogen and oxygen atoms in total. The Kier molecular flexibility index (Phi) is 9.03. The Morgan fingerprint density at radius 3 is 1.92 bits per heavy atom. The molecule has 0 saturated carbocycles. The van der Waals surface area contributed by atoms with Gasteiger partial charge in [0, 0.05) is 12.6 Å². The molecule has 0 spiro atoms. The molecule has 0 aliphatic heterocycles. The summed E-state index contributed by atoms with van der Waals surface area (Å²) < 4.78 is 0. The van der Waals surface area contributed by atoms with Gasteiger partial charge < -0.3 is 15.9 Å². The highest BCUT2D eigenvalue weighted by Crippen LogP contribution is 2.19. The van der Waals surface area contributed by atoms with Crippen LogP contribution in [0.15, 0.2) is 0 Å². The maximum Gasteiger partial charge on any atom is 0.0582 e. The van der Waals surface area contributed by atoms with Gasteiger partial charge in [-0.05, 0) is 11.8 Å². The van der Waals surface area contributed by atoms with Crippen LogP contribution < -0.4 is 5.73 Å². The first-order valence-electron chi connectivity index (χ1n) is 4.49. The molecule has 0 aromatic heterocycles. The molecule has 0 aliphatic rings. The smallest absolute Gasteiger partial charge is 0.0582 e. The largest absolute Gasteiger partial charge is 0.396 e. The van der Waals surface area contributed by atoms with Gasteiger partial charge >= 0.3 is 0 Å². The summed E-state index contributed by atoms with van der Waals surface area (Å²) in [5.74, 6) is 0. The molecular formula is C9H23NO2. The Labute approximate surface area is 75.6 Å². The summed E-state index contributed by atoms with van der Waals surface area (Å²) in [4.78, 5) is 0. The van der Waals surface area contributed by atoms with Gasteiger partial charge in [-0.2, -0.15) is 0 Å². The summed E-state index contributed by atoms with van der Waals surface area (Å²) in [6.07, 6.45) is 0.653. The lowest BCUT2D eigenvalue weighted by atomic mass is 9.87. The highest BCUT2D eigenvalue weighted by Gasteiger charge is 2.19. The molecule has 0 heterocycles. The van der Waals surface area contributed by atoms with E-state index in [1.807, 2.05) is 27.7 Å². The van der Waals surface area contributed by atoms with Gasteiger partial charge in [-0.25, -0.2) is 0 Å². The fourth-order valence-electron chi connectivity index (χ4n) is 0.839. The zero-order valence-corrected chi connectivity index (χ0v) is 8.67. The van der Waals surface area contributed by atoms with Crippen LogP contribution in [0, 0.1) is 5.41 Å². The van der Waals surface area contributed by atoms with E-state index in [-0.39, 0.29) is 24.7 Å². The van der Waals surface area contributed by atoms with Crippen molar-refractivity contribution in [2.45, 2.75) is 40.2 Å². The molecule has 0 saturated heterocycles. The zero-order chi connectivity index (χ0) is 10.2. The summed E-state index contributed by atoms with van der Waals surface area (Å²) in [5, 5.41) is 17.4. The molecule has 0 bridgehead atoms. The Hall–Kier alpha value is -0.120. The first-order valence-corrected chi connectivity index (χ1v) is 4.49. The van der Waals surface area contributed by atoms with Crippen LogP contribution in [0.4, 0.5) is 0 Å². The van der Waals surface area contributed by atoms with E-state index in [2.05, 4.69) is 0 Å². The molecule has 0 rings (SSSR count). The van der Waals surface area contributed by atoms with Gasteiger partial charge in [0.1, 0.15) is 0 Å². The second kappa shape index (κ2) is 7.53. The number of aliphatic hydroxyl groups excluding tert-OH is 2. The maximum absolute atomic E-state index is 8.80. The van der Waals surface area contributed by atoms with E-state index in [0.717, 1.165) is 0 Å². The Bertz CT molecular complexity index is 94.5. The summed E-state index contributed by atoms with van der Waals surface area (Å²) in [6, 6.07) is -0.206. The summed E-state index contributed by atoms with van der Waals surface area (Å²) in [6.45, 7) is 7.94. The summed E-state index contributed by atoms with van der Waals surface area (Å²) >= 11 is 0. The lowest BCUT2D eigenvalue weighted by molar-refractivity contribution is 0.128. The van der Waals surface area contributed by atoms with E-state index in [1.165, 1.54) is 0 Å². The van der Waals surface area contributed by atoms with Gasteiger partial charge in [-0.3, -0.25) is 0 Å². The van der Waals surface area contributed by atoms with Gasteiger partial charge in [0.25, 0.3) is 0 Å². The van der Waals surface area contributed by atoms with Crippen molar-refractivity contribution < 1.29 is 10.2 Å². The maximum atomic E-state index is 8.80. The molecule has 0 amide bonds. The third kappa shape index (κ3) is 7.98. The predicted molar refractivity (Wildman–Crippen MR) is 51.9 cm³/mol. The minimum Gasteiger partial charge on any atom is -0.396 e. The quantitative estimate of drug-likeness (QED) is 0.593. The van der Waals surface area contributed by atoms with Crippen LogP contribution in [0.1, 0.15) is 34.1 Å². The van der Waals surface area contributed by atoms with Gasteiger partial charge in [-0.15, -0.1) is 0 Å². The lowest BCUT2D eigenvalue weighted by Gasteiger charge is -2.24. The van der Waals surface area contributed by atoms with Crippen LogP contribution in [0.25, 0.3) is 0 Å². The summed E-state index contributed by atoms with van der Waals surface area (Å²) in [5.41, 5.74) is 5.31. The molecule has 0 aromatic rings. The van der Waals surface area contributed by atoms with Gasteiger partial charge in [0.2, 0.25) is 0 Å². The number of hydrogen-bond acceptors (Lipinski definition) is 3. The molecule has 12 heavy (non-hydrogen) atoms. The van der Waals surface area contributed by atoms with Crippen molar-refractivity contribution in [2.75, 3.05) is 13.2 Å². The lowest BCUT2D eigenvalue weighted by Crippen LogP contribution is -2.32. The van der Waals surface area contributed by atoms with Crippen molar-refractivity contribution in [2.24, 2.45) is 11.1 Å². The minimum atomic E-state index is -0.206. The minimum absolute atomic E-state index is 0.0105. The van der Waals surface area contributed by atoms with Crippen LogP contribution >= 0.6 is 0 Å². The fourth-order valence-corrected chi connectivity index (χ4v) is 0.839. The Balaban J connectivity index is 0. The monoisotopic (exact) mass is 177 g/mol. The molecular weight excluding hydrogens is 154 g/mol. The Morgan fingerprint density at radius 1 is 1.25 bits per heavy atom. The van der Waals surface area contributed by atoms with Crippen molar-refractivity contribution >= 4 is 0 Å². The fraction of sp³-hybridized carbons (Fsp3) is 1.00. The number of rotatable bonds is 4. The van der Waals surface area contributed by atoms with E-state index in [9.17, 15) is 0 Å². The van der Waals surface area contributed by atoms with E-state index in [0.29, 0.717) is 6.42 Å². The molecule has 3 heteroatoms. The zero-order valence-electron chi connectivity index (χ0n) is 8.67. The number of nitrogens with two attached hydrogens (primary N) is 1. The standard InChI is InChI=1S/C7H17NO2.C2H6/c1-7(2,5-10)3-6(8)4-9;1-2/h6,9-10H,3-5,8H2,1-2H3;1-2H3.